The SMILES string of the molecule is CCCC(C)(NC(=O)C1CC1c1ccc(F)cc1F)C(=O)O. The van der Waals surface area contributed by atoms with E-state index in [1.54, 1.807) is 0 Å². The van der Waals surface area contributed by atoms with E-state index >= 15 is 0 Å². The van der Waals surface area contributed by atoms with Gasteiger partial charge in [0.1, 0.15) is 17.2 Å². The number of aliphatic carboxylic acids is 1. The number of benzene rings is 1. The molecule has 0 aliphatic heterocycles. The molecule has 4 nitrogen and oxygen atoms in total. The highest BCUT2D eigenvalue weighted by molar-refractivity contribution is 5.89. The molecule has 1 fully saturated rings. The van der Waals surface area contributed by atoms with Gasteiger partial charge in [0.25, 0.3) is 0 Å². The first kappa shape index (κ1) is 16.4. The molecule has 1 aromatic rings. The van der Waals surface area contributed by atoms with Crippen molar-refractivity contribution in [1.29, 1.82) is 0 Å². The molecule has 1 aliphatic carbocycles. The molecule has 0 saturated heterocycles. The molecular formula is C16H19F2NO3. The zero-order chi connectivity index (χ0) is 16.5. The molecule has 1 aromatic carbocycles. The third-order valence-electron chi connectivity index (χ3n) is 4.11. The fraction of sp³-hybridized carbons (Fsp3) is 0.500. The molecule has 2 rings (SSSR count). The molecule has 3 unspecified atom stereocenters. The Balaban J connectivity index is 2.05. The number of nitrogens with one attached hydrogen (secondary N) is 1. The minimum atomic E-state index is -1.32. The molecule has 0 bridgehead atoms. The second-order valence-corrected chi connectivity index (χ2v) is 5.99. The minimum absolute atomic E-state index is 0.300. The van der Waals surface area contributed by atoms with Crippen LogP contribution < -0.4 is 5.32 Å². The van der Waals surface area contributed by atoms with Crippen LogP contribution in [0.15, 0.2) is 18.2 Å². The van der Waals surface area contributed by atoms with Gasteiger partial charge in [-0.2, -0.15) is 0 Å². The summed E-state index contributed by atoms with van der Waals surface area (Å²) in [5, 5.41) is 11.8. The summed E-state index contributed by atoms with van der Waals surface area (Å²) in [6.45, 7) is 3.30. The quantitative estimate of drug-likeness (QED) is 0.849. The van der Waals surface area contributed by atoms with Gasteiger partial charge in [0, 0.05) is 12.0 Å². The molecule has 120 valence electrons. The number of carbonyl (C=O) groups excluding carboxylic acids is 1. The lowest BCUT2D eigenvalue weighted by molar-refractivity contribution is -0.147. The summed E-state index contributed by atoms with van der Waals surface area (Å²) in [4.78, 5) is 23.5. The molecule has 3 atom stereocenters. The number of carbonyl (C=O) groups is 2. The third kappa shape index (κ3) is 3.26. The number of rotatable bonds is 6. The molecular weight excluding hydrogens is 292 g/mol. The smallest absolute Gasteiger partial charge is 0.329 e. The Morgan fingerprint density at radius 2 is 2.09 bits per heavy atom. The highest BCUT2D eigenvalue weighted by atomic mass is 19.1. The number of halogens is 2. The van der Waals surface area contributed by atoms with Crippen molar-refractivity contribution in [3.8, 4) is 0 Å². The van der Waals surface area contributed by atoms with Crippen molar-refractivity contribution in [2.45, 2.75) is 44.6 Å². The van der Waals surface area contributed by atoms with Crippen LogP contribution >= 0.6 is 0 Å². The Bertz CT molecular complexity index is 605. The summed E-state index contributed by atoms with van der Waals surface area (Å²) >= 11 is 0. The van der Waals surface area contributed by atoms with Gasteiger partial charge in [-0.05, 0) is 37.3 Å². The van der Waals surface area contributed by atoms with E-state index in [1.807, 2.05) is 6.92 Å². The van der Waals surface area contributed by atoms with Crippen molar-refractivity contribution in [2.24, 2.45) is 5.92 Å². The van der Waals surface area contributed by atoms with Gasteiger partial charge in [0.15, 0.2) is 0 Å². The predicted octanol–water partition coefficient (Wildman–Crippen LogP) is 2.83. The molecule has 0 spiro atoms. The van der Waals surface area contributed by atoms with Crippen molar-refractivity contribution >= 4 is 11.9 Å². The minimum Gasteiger partial charge on any atom is -0.480 e. The number of hydrogen-bond donors (Lipinski definition) is 2. The van der Waals surface area contributed by atoms with Crippen LogP contribution in [-0.2, 0) is 9.59 Å². The summed E-state index contributed by atoms with van der Waals surface area (Å²) < 4.78 is 26.6. The van der Waals surface area contributed by atoms with E-state index in [-0.39, 0.29) is 5.92 Å². The van der Waals surface area contributed by atoms with Gasteiger partial charge >= 0.3 is 5.97 Å². The first-order valence-corrected chi connectivity index (χ1v) is 7.29. The summed E-state index contributed by atoms with van der Waals surface area (Å²) in [5.41, 5.74) is -1.02. The van der Waals surface area contributed by atoms with E-state index in [9.17, 15) is 23.5 Å². The zero-order valence-electron chi connectivity index (χ0n) is 12.5. The summed E-state index contributed by atoms with van der Waals surface area (Å²) in [6.07, 6.45) is 1.37. The lowest BCUT2D eigenvalue weighted by Gasteiger charge is -2.25. The molecule has 2 N–H and O–H groups in total. The monoisotopic (exact) mass is 311 g/mol. The molecule has 0 heterocycles. The van der Waals surface area contributed by atoms with Crippen molar-refractivity contribution < 1.29 is 23.5 Å². The van der Waals surface area contributed by atoms with Crippen LogP contribution in [0.5, 0.6) is 0 Å². The summed E-state index contributed by atoms with van der Waals surface area (Å²) in [7, 11) is 0. The maximum atomic E-state index is 13.7. The Morgan fingerprint density at radius 3 is 2.64 bits per heavy atom. The maximum absolute atomic E-state index is 13.7. The highest BCUT2D eigenvalue weighted by Gasteiger charge is 2.47. The van der Waals surface area contributed by atoms with Gasteiger partial charge in [0.05, 0.1) is 0 Å². The number of carboxylic acid groups (broad SMARTS) is 1. The second-order valence-electron chi connectivity index (χ2n) is 5.99. The largest absolute Gasteiger partial charge is 0.480 e. The predicted molar refractivity (Wildman–Crippen MR) is 76.3 cm³/mol. The lowest BCUT2D eigenvalue weighted by Crippen LogP contribution is -2.52. The van der Waals surface area contributed by atoms with E-state index in [2.05, 4.69) is 5.32 Å². The number of carboxylic acids is 1. The van der Waals surface area contributed by atoms with Crippen LogP contribution in [0.1, 0.15) is 44.6 Å². The van der Waals surface area contributed by atoms with E-state index in [4.69, 9.17) is 0 Å². The van der Waals surface area contributed by atoms with Crippen LogP contribution in [0, 0.1) is 17.6 Å². The fourth-order valence-electron chi connectivity index (χ4n) is 2.72. The number of amides is 1. The average molecular weight is 311 g/mol. The zero-order valence-corrected chi connectivity index (χ0v) is 12.5. The highest BCUT2D eigenvalue weighted by Crippen LogP contribution is 2.48. The van der Waals surface area contributed by atoms with E-state index < -0.39 is 35.0 Å². The lowest BCUT2D eigenvalue weighted by atomic mass is 9.96. The Labute approximate surface area is 127 Å². The van der Waals surface area contributed by atoms with Crippen LogP contribution in [0.4, 0.5) is 8.78 Å². The first-order chi connectivity index (χ1) is 10.3. The fourth-order valence-corrected chi connectivity index (χ4v) is 2.72. The molecule has 6 heteroatoms. The molecule has 0 radical (unpaired) electrons. The first-order valence-electron chi connectivity index (χ1n) is 7.29. The van der Waals surface area contributed by atoms with Gasteiger partial charge in [-0.3, -0.25) is 4.79 Å². The van der Waals surface area contributed by atoms with Gasteiger partial charge in [-0.15, -0.1) is 0 Å². The van der Waals surface area contributed by atoms with Crippen molar-refractivity contribution in [2.75, 3.05) is 0 Å². The van der Waals surface area contributed by atoms with Crippen molar-refractivity contribution in [3.05, 3.63) is 35.4 Å². The van der Waals surface area contributed by atoms with Gasteiger partial charge in [-0.25, -0.2) is 13.6 Å². The topological polar surface area (TPSA) is 66.4 Å². The second kappa shape index (κ2) is 6.02. The van der Waals surface area contributed by atoms with Gasteiger partial charge < -0.3 is 10.4 Å². The van der Waals surface area contributed by atoms with Gasteiger partial charge in [0.2, 0.25) is 5.91 Å². The molecule has 1 saturated carbocycles. The van der Waals surface area contributed by atoms with Crippen LogP contribution in [0.3, 0.4) is 0 Å². The molecule has 0 aromatic heterocycles. The van der Waals surface area contributed by atoms with Crippen molar-refractivity contribution in [1.82, 2.24) is 5.32 Å². The normalized spacial score (nSPS) is 22.7. The van der Waals surface area contributed by atoms with Crippen LogP contribution in [0.2, 0.25) is 0 Å². The van der Waals surface area contributed by atoms with E-state index in [1.165, 1.54) is 13.0 Å². The standard InChI is InChI=1S/C16H19F2NO3/c1-3-6-16(2,15(21)22)19-14(20)12-8-11(12)10-5-4-9(17)7-13(10)18/h4-5,7,11-12H,3,6,8H2,1-2H3,(H,19,20)(H,21,22). The van der Waals surface area contributed by atoms with E-state index in [0.29, 0.717) is 24.8 Å². The molecule has 22 heavy (non-hydrogen) atoms. The average Bonchev–Trinajstić information content (AvgIpc) is 3.19. The Kier molecular flexibility index (Phi) is 4.49. The third-order valence-corrected chi connectivity index (χ3v) is 4.11. The Hall–Kier alpha value is -1.98. The summed E-state index contributed by atoms with van der Waals surface area (Å²) in [6, 6.07) is 3.29. The Morgan fingerprint density at radius 1 is 1.41 bits per heavy atom. The molecule has 1 aliphatic rings. The number of hydrogen-bond acceptors (Lipinski definition) is 2. The summed E-state index contributed by atoms with van der Waals surface area (Å²) in [5.74, 6) is -3.60. The maximum Gasteiger partial charge on any atom is 0.329 e. The van der Waals surface area contributed by atoms with Crippen LogP contribution in [0.25, 0.3) is 0 Å². The van der Waals surface area contributed by atoms with E-state index in [0.717, 1.165) is 12.1 Å². The van der Waals surface area contributed by atoms with Crippen molar-refractivity contribution in [3.63, 3.8) is 0 Å². The molecule has 1 amide bonds. The van der Waals surface area contributed by atoms with Crippen LogP contribution in [-0.4, -0.2) is 22.5 Å². The van der Waals surface area contributed by atoms with Gasteiger partial charge in [-0.1, -0.05) is 19.4 Å².